The van der Waals surface area contributed by atoms with E-state index in [0.717, 1.165) is 16.8 Å². The first kappa shape index (κ1) is 24.7. The van der Waals surface area contributed by atoms with Gasteiger partial charge in [0.2, 0.25) is 0 Å². The second-order valence-electron chi connectivity index (χ2n) is 7.30. The van der Waals surface area contributed by atoms with Crippen LogP contribution in [0.5, 0.6) is 5.75 Å². The first-order valence-electron chi connectivity index (χ1n) is 10.2. The van der Waals surface area contributed by atoms with E-state index in [4.69, 9.17) is 16.3 Å². The van der Waals surface area contributed by atoms with Crippen LogP contribution < -0.4 is 10.3 Å². The van der Waals surface area contributed by atoms with Crippen LogP contribution in [0.15, 0.2) is 87.7 Å². The first-order valence-corrected chi connectivity index (χ1v) is 11.3. The molecular weight excluding hydrogens is 547 g/mol. The average Bonchev–Trinajstić information content (AvgIpc) is 2.82. The largest absolute Gasteiger partial charge is 0.488 e. The van der Waals surface area contributed by atoms with Gasteiger partial charge in [-0.15, -0.1) is 0 Å². The molecule has 3 aromatic carbocycles. The van der Waals surface area contributed by atoms with Crippen LogP contribution in [0.1, 0.15) is 11.1 Å². The molecule has 0 spiro atoms. The Bertz CT molecular complexity index is 1520. The zero-order valence-corrected chi connectivity index (χ0v) is 20.2. The third kappa shape index (κ3) is 5.31. The number of hydrogen-bond acceptors (Lipinski definition) is 4. The van der Waals surface area contributed by atoms with E-state index in [9.17, 15) is 18.0 Å². The van der Waals surface area contributed by atoms with Crippen LogP contribution in [0.25, 0.3) is 22.3 Å². The summed E-state index contributed by atoms with van der Waals surface area (Å²) in [4.78, 5) is 17.8. The lowest BCUT2D eigenvalue weighted by molar-refractivity contribution is -0.137. The number of aromatic nitrogens is 2. The predicted molar refractivity (Wildman–Crippen MR) is 134 cm³/mol. The fourth-order valence-corrected chi connectivity index (χ4v) is 4.29. The molecule has 0 fully saturated rings. The number of benzene rings is 3. The molecule has 10 heteroatoms. The SMILES string of the molecule is C=CCOc1c(Br)cc(Cl)cc1C=Nn1c(-c2cccc(C(F)(F)F)c2)nc2ccccc2c1=O. The van der Waals surface area contributed by atoms with Gasteiger partial charge in [0, 0.05) is 16.1 Å². The van der Waals surface area contributed by atoms with Gasteiger partial charge in [0.25, 0.3) is 5.56 Å². The van der Waals surface area contributed by atoms with Crippen LogP contribution >= 0.6 is 27.5 Å². The quantitative estimate of drug-likeness (QED) is 0.189. The summed E-state index contributed by atoms with van der Waals surface area (Å²) in [6, 6.07) is 14.3. The van der Waals surface area contributed by atoms with Crippen molar-refractivity contribution in [3.05, 3.63) is 104 Å². The second kappa shape index (κ2) is 10.1. The van der Waals surface area contributed by atoms with Crippen LogP contribution in [0.3, 0.4) is 0 Å². The van der Waals surface area contributed by atoms with Crippen LogP contribution in [0, 0.1) is 0 Å². The van der Waals surface area contributed by atoms with Crippen molar-refractivity contribution < 1.29 is 17.9 Å². The maximum atomic E-state index is 13.4. The molecule has 0 bridgehead atoms. The molecule has 5 nitrogen and oxygen atoms in total. The fraction of sp³-hybridized carbons (Fsp3) is 0.0800. The Morgan fingerprint density at radius 1 is 1.14 bits per heavy atom. The van der Waals surface area contributed by atoms with Crippen LogP contribution in [0.4, 0.5) is 13.2 Å². The molecule has 0 unspecified atom stereocenters. The maximum absolute atomic E-state index is 13.4. The molecule has 0 saturated heterocycles. The minimum absolute atomic E-state index is 0.0503. The minimum Gasteiger partial charge on any atom is -0.488 e. The highest BCUT2D eigenvalue weighted by Gasteiger charge is 2.31. The van der Waals surface area contributed by atoms with Crippen LogP contribution in [0.2, 0.25) is 5.02 Å². The normalized spacial score (nSPS) is 11.8. The van der Waals surface area contributed by atoms with Gasteiger partial charge in [0.05, 0.1) is 27.2 Å². The summed E-state index contributed by atoms with van der Waals surface area (Å²) in [5, 5.41) is 4.94. The summed E-state index contributed by atoms with van der Waals surface area (Å²) in [6.07, 6.45) is -1.67. The average molecular weight is 563 g/mol. The summed E-state index contributed by atoms with van der Waals surface area (Å²) in [7, 11) is 0. The Morgan fingerprint density at radius 3 is 2.66 bits per heavy atom. The molecule has 0 N–H and O–H groups in total. The van der Waals surface area contributed by atoms with Crippen LogP contribution in [-0.4, -0.2) is 22.5 Å². The van der Waals surface area contributed by atoms with Gasteiger partial charge in [0.1, 0.15) is 12.4 Å². The van der Waals surface area contributed by atoms with Crippen molar-refractivity contribution in [1.82, 2.24) is 9.66 Å². The Balaban J connectivity index is 1.94. The molecule has 0 atom stereocenters. The highest BCUT2D eigenvalue weighted by Crippen LogP contribution is 2.33. The van der Waals surface area contributed by atoms with Gasteiger partial charge in [-0.3, -0.25) is 4.79 Å². The summed E-state index contributed by atoms with van der Waals surface area (Å²) >= 11 is 9.57. The van der Waals surface area contributed by atoms with E-state index in [-0.39, 0.29) is 23.4 Å². The molecule has 178 valence electrons. The Hall–Kier alpha value is -3.43. The number of rotatable bonds is 6. The molecule has 0 saturated carbocycles. The number of hydrogen-bond donors (Lipinski definition) is 0. The molecule has 4 rings (SSSR count). The summed E-state index contributed by atoms with van der Waals surface area (Å²) in [6.45, 7) is 3.82. The second-order valence-corrected chi connectivity index (χ2v) is 8.59. The minimum atomic E-state index is -4.56. The fourth-order valence-electron chi connectivity index (χ4n) is 3.34. The molecule has 1 aromatic heterocycles. The van der Waals surface area contributed by atoms with E-state index < -0.39 is 17.3 Å². The number of ether oxygens (including phenoxy) is 1. The summed E-state index contributed by atoms with van der Waals surface area (Å²) in [5.74, 6) is 0.353. The van der Waals surface area contributed by atoms with Gasteiger partial charge in [-0.05, 0) is 52.3 Å². The Kier molecular flexibility index (Phi) is 7.09. The molecule has 0 aliphatic carbocycles. The van der Waals surface area contributed by atoms with E-state index in [1.165, 1.54) is 18.3 Å². The Morgan fingerprint density at radius 2 is 1.91 bits per heavy atom. The summed E-state index contributed by atoms with van der Waals surface area (Å²) in [5.41, 5.74) is -0.575. The zero-order valence-electron chi connectivity index (χ0n) is 17.9. The molecule has 0 aliphatic heterocycles. The molecule has 1 heterocycles. The van der Waals surface area contributed by atoms with Gasteiger partial charge in [-0.2, -0.15) is 22.9 Å². The monoisotopic (exact) mass is 561 g/mol. The molecule has 4 aromatic rings. The van der Waals surface area contributed by atoms with Gasteiger partial charge in [-0.25, -0.2) is 4.98 Å². The van der Waals surface area contributed by atoms with Gasteiger partial charge < -0.3 is 4.74 Å². The number of alkyl halides is 3. The maximum Gasteiger partial charge on any atom is 0.416 e. The van der Waals surface area contributed by atoms with Crippen molar-refractivity contribution in [1.29, 1.82) is 0 Å². The molecule has 0 radical (unpaired) electrons. The highest BCUT2D eigenvalue weighted by molar-refractivity contribution is 9.10. The van der Waals surface area contributed by atoms with Crippen molar-refractivity contribution in [3.63, 3.8) is 0 Å². The first-order chi connectivity index (χ1) is 16.7. The third-order valence-corrected chi connectivity index (χ3v) is 5.70. The van der Waals surface area contributed by atoms with Crippen molar-refractivity contribution in [2.45, 2.75) is 6.18 Å². The van der Waals surface area contributed by atoms with Gasteiger partial charge >= 0.3 is 6.18 Å². The number of fused-ring (bicyclic) bond motifs is 1. The van der Waals surface area contributed by atoms with Gasteiger partial charge in [0.15, 0.2) is 5.82 Å². The number of nitrogens with zero attached hydrogens (tertiary/aromatic N) is 3. The smallest absolute Gasteiger partial charge is 0.416 e. The molecule has 0 amide bonds. The lowest BCUT2D eigenvalue weighted by atomic mass is 10.1. The zero-order chi connectivity index (χ0) is 25.2. The topological polar surface area (TPSA) is 56.5 Å². The van der Waals surface area contributed by atoms with Gasteiger partial charge in [-0.1, -0.05) is 48.5 Å². The highest BCUT2D eigenvalue weighted by atomic mass is 79.9. The van der Waals surface area contributed by atoms with E-state index >= 15 is 0 Å². The lowest BCUT2D eigenvalue weighted by Crippen LogP contribution is -2.20. The van der Waals surface area contributed by atoms with Crippen molar-refractivity contribution in [3.8, 4) is 17.1 Å². The third-order valence-electron chi connectivity index (χ3n) is 4.90. The lowest BCUT2D eigenvalue weighted by Gasteiger charge is -2.13. The van der Waals surface area contributed by atoms with E-state index in [2.05, 4.69) is 32.6 Å². The number of halogens is 5. The van der Waals surface area contributed by atoms with E-state index in [1.807, 2.05) is 0 Å². The standard InChI is InChI=1S/C25H16BrClF3N3O2/c1-2-10-35-22-16(12-18(27)13-20(22)26)14-31-33-23(15-6-5-7-17(11-15)25(28,29)30)32-21-9-4-3-8-19(21)24(33)34/h2-9,11-14H,1,10H2. The van der Waals surface area contributed by atoms with Crippen LogP contribution in [-0.2, 0) is 6.18 Å². The van der Waals surface area contributed by atoms with E-state index in [1.54, 1.807) is 42.5 Å². The molecule has 0 aliphatic rings. The Labute approximate surface area is 211 Å². The predicted octanol–water partition coefficient (Wildman–Crippen LogP) is 6.95. The summed E-state index contributed by atoms with van der Waals surface area (Å²) < 4.78 is 47.3. The van der Waals surface area contributed by atoms with Crippen molar-refractivity contribution in [2.75, 3.05) is 6.61 Å². The molecular formula is C25H16BrClF3N3O2. The van der Waals surface area contributed by atoms with Crippen molar-refractivity contribution in [2.24, 2.45) is 5.10 Å². The molecule has 35 heavy (non-hydrogen) atoms. The van der Waals surface area contributed by atoms with E-state index in [0.29, 0.717) is 26.3 Å². The number of para-hydroxylation sites is 1. The van der Waals surface area contributed by atoms with Crippen molar-refractivity contribution >= 4 is 44.6 Å².